The van der Waals surface area contributed by atoms with Crippen molar-refractivity contribution in [2.75, 3.05) is 30.5 Å². The number of nitrogens with two attached hydrogens (primary N) is 1. The number of hydrazine groups is 1. The summed E-state index contributed by atoms with van der Waals surface area (Å²) in [5, 5.41) is 3.25. The smallest absolute Gasteiger partial charge is 0.141 e. The molecule has 5 heteroatoms. The molecule has 88 valence electrons. The summed E-state index contributed by atoms with van der Waals surface area (Å²) in [6.07, 6.45) is 4.38. The van der Waals surface area contributed by atoms with Gasteiger partial charge in [-0.2, -0.15) is 0 Å². The highest BCUT2D eigenvalue weighted by Crippen LogP contribution is 2.28. The fourth-order valence-electron chi connectivity index (χ4n) is 1.42. The van der Waals surface area contributed by atoms with Crippen LogP contribution >= 0.6 is 0 Å². The van der Waals surface area contributed by atoms with Gasteiger partial charge in [0.1, 0.15) is 5.82 Å². The topological polar surface area (TPSA) is 72.2 Å². The Bertz CT molecular complexity index is 328. The van der Waals surface area contributed by atoms with Crippen LogP contribution in [0.1, 0.15) is 12.8 Å². The molecule has 1 fully saturated rings. The molecule has 4 N–H and O–H groups in total. The van der Waals surface area contributed by atoms with Crippen molar-refractivity contribution in [3.8, 4) is 0 Å². The average Bonchev–Trinajstić information content (AvgIpc) is 3.13. The molecule has 1 aromatic rings. The van der Waals surface area contributed by atoms with Gasteiger partial charge >= 0.3 is 0 Å². The largest absolute Gasteiger partial charge is 0.383 e. The minimum Gasteiger partial charge on any atom is -0.383 e. The van der Waals surface area contributed by atoms with Crippen molar-refractivity contribution in [1.82, 2.24) is 4.98 Å². The Morgan fingerprint density at radius 1 is 1.50 bits per heavy atom. The summed E-state index contributed by atoms with van der Waals surface area (Å²) < 4.78 is 5.52. The number of nitrogens with one attached hydrogen (secondary N) is 2. The molecule has 0 spiro atoms. The molecule has 0 bridgehead atoms. The van der Waals surface area contributed by atoms with Gasteiger partial charge in [0, 0.05) is 31.1 Å². The van der Waals surface area contributed by atoms with Gasteiger partial charge in [-0.15, -0.1) is 0 Å². The first kappa shape index (κ1) is 11.2. The first-order valence-corrected chi connectivity index (χ1v) is 5.63. The van der Waals surface area contributed by atoms with Gasteiger partial charge in [0.25, 0.3) is 0 Å². The summed E-state index contributed by atoms with van der Waals surface area (Å²) >= 11 is 0. The van der Waals surface area contributed by atoms with E-state index in [1.165, 1.54) is 12.8 Å². The zero-order valence-electron chi connectivity index (χ0n) is 9.28. The molecule has 0 saturated heterocycles. The molecule has 1 aromatic heterocycles. The van der Waals surface area contributed by atoms with Gasteiger partial charge in [-0.1, -0.05) is 0 Å². The SMILES string of the molecule is NNc1cc(NCCOCC2CC2)ccn1. The number of ether oxygens (including phenoxy) is 1. The van der Waals surface area contributed by atoms with E-state index in [0.29, 0.717) is 5.82 Å². The zero-order chi connectivity index (χ0) is 11.2. The Balaban J connectivity index is 1.63. The second kappa shape index (κ2) is 5.67. The Kier molecular flexibility index (Phi) is 3.96. The van der Waals surface area contributed by atoms with E-state index in [-0.39, 0.29) is 0 Å². The maximum Gasteiger partial charge on any atom is 0.141 e. The van der Waals surface area contributed by atoms with Crippen molar-refractivity contribution < 1.29 is 4.74 Å². The molecule has 1 heterocycles. The van der Waals surface area contributed by atoms with Gasteiger partial charge in [-0.25, -0.2) is 10.8 Å². The van der Waals surface area contributed by atoms with Gasteiger partial charge < -0.3 is 15.5 Å². The third-order valence-corrected chi connectivity index (χ3v) is 2.53. The third kappa shape index (κ3) is 3.67. The molecule has 0 amide bonds. The minimum atomic E-state index is 0.656. The molecule has 0 atom stereocenters. The molecule has 2 rings (SSSR count). The van der Waals surface area contributed by atoms with E-state index in [9.17, 15) is 0 Å². The van der Waals surface area contributed by atoms with Crippen LogP contribution in [0, 0.1) is 5.92 Å². The number of hydrogen-bond acceptors (Lipinski definition) is 5. The summed E-state index contributed by atoms with van der Waals surface area (Å²) in [4.78, 5) is 4.03. The highest BCUT2D eigenvalue weighted by Gasteiger charge is 2.20. The fraction of sp³-hybridized carbons (Fsp3) is 0.545. The summed E-state index contributed by atoms with van der Waals surface area (Å²) in [6, 6.07) is 3.77. The summed E-state index contributed by atoms with van der Waals surface area (Å²) in [5.74, 6) is 6.75. The third-order valence-electron chi connectivity index (χ3n) is 2.53. The number of pyridine rings is 1. The van der Waals surface area contributed by atoms with Crippen LogP contribution in [0.4, 0.5) is 11.5 Å². The lowest BCUT2D eigenvalue weighted by Gasteiger charge is -2.08. The van der Waals surface area contributed by atoms with Crippen molar-refractivity contribution >= 4 is 11.5 Å². The van der Waals surface area contributed by atoms with Crippen LogP contribution in [0.25, 0.3) is 0 Å². The van der Waals surface area contributed by atoms with E-state index in [2.05, 4.69) is 15.7 Å². The number of rotatable bonds is 7. The van der Waals surface area contributed by atoms with Crippen molar-refractivity contribution in [2.45, 2.75) is 12.8 Å². The lowest BCUT2D eigenvalue weighted by Crippen LogP contribution is -2.12. The summed E-state index contributed by atoms with van der Waals surface area (Å²) in [7, 11) is 0. The number of nitrogen functional groups attached to an aromatic ring is 1. The summed E-state index contributed by atoms with van der Waals surface area (Å²) in [5.41, 5.74) is 3.51. The Labute approximate surface area is 95.4 Å². The summed E-state index contributed by atoms with van der Waals surface area (Å²) in [6.45, 7) is 2.46. The second-order valence-electron chi connectivity index (χ2n) is 4.02. The molecule has 1 saturated carbocycles. The van der Waals surface area contributed by atoms with Gasteiger partial charge in [-0.3, -0.25) is 0 Å². The number of aromatic nitrogens is 1. The van der Waals surface area contributed by atoms with Crippen LogP contribution in [0.2, 0.25) is 0 Å². The highest BCUT2D eigenvalue weighted by atomic mass is 16.5. The van der Waals surface area contributed by atoms with Crippen molar-refractivity contribution in [1.29, 1.82) is 0 Å². The predicted molar refractivity (Wildman–Crippen MR) is 64.1 cm³/mol. The monoisotopic (exact) mass is 222 g/mol. The molecule has 0 aliphatic heterocycles. The normalized spacial score (nSPS) is 14.8. The molecule has 5 nitrogen and oxygen atoms in total. The molecule has 0 radical (unpaired) electrons. The molecular weight excluding hydrogens is 204 g/mol. The molecule has 1 aliphatic carbocycles. The van der Waals surface area contributed by atoms with E-state index < -0.39 is 0 Å². The maximum absolute atomic E-state index is 5.52. The quantitative estimate of drug-likeness (QED) is 0.367. The molecular formula is C11H18N4O. The molecule has 1 aliphatic rings. The predicted octanol–water partition coefficient (Wildman–Crippen LogP) is 1.21. The van der Waals surface area contributed by atoms with Crippen molar-refractivity contribution in [3.05, 3.63) is 18.3 Å². The van der Waals surface area contributed by atoms with E-state index in [4.69, 9.17) is 10.6 Å². The Morgan fingerprint density at radius 2 is 2.38 bits per heavy atom. The van der Waals surface area contributed by atoms with E-state index >= 15 is 0 Å². The van der Waals surface area contributed by atoms with Gasteiger partial charge in [-0.05, 0) is 24.8 Å². The van der Waals surface area contributed by atoms with Crippen molar-refractivity contribution in [3.63, 3.8) is 0 Å². The fourth-order valence-corrected chi connectivity index (χ4v) is 1.42. The average molecular weight is 222 g/mol. The lowest BCUT2D eigenvalue weighted by atomic mass is 10.4. The van der Waals surface area contributed by atoms with Gasteiger partial charge in [0.05, 0.1) is 6.61 Å². The van der Waals surface area contributed by atoms with E-state index in [0.717, 1.165) is 31.4 Å². The Morgan fingerprint density at radius 3 is 3.12 bits per heavy atom. The standard InChI is InChI=1S/C11H18N4O/c12-15-11-7-10(3-4-14-11)13-5-6-16-8-9-1-2-9/h3-4,7,9H,1-2,5-6,8,12H2,(H2,13,14,15). The van der Waals surface area contributed by atoms with Crippen LogP contribution in [-0.4, -0.2) is 24.7 Å². The highest BCUT2D eigenvalue weighted by molar-refractivity contribution is 5.51. The Hall–Kier alpha value is -1.33. The molecule has 0 aromatic carbocycles. The molecule has 0 unspecified atom stereocenters. The van der Waals surface area contributed by atoms with Crippen LogP contribution in [-0.2, 0) is 4.74 Å². The first-order chi connectivity index (χ1) is 7.88. The molecule has 16 heavy (non-hydrogen) atoms. The lowest BCUT2D eigenvalue weighted by molar-refractivity contribution is 0.134. The maximum atomic E-state index is 5.52. The van der Waals surface area contributed by atoms with E-state index in [1.54, 1.807) is 6.20 Å². The second-order valence-corrected chi connectivity index (χ2v) is 4.02. The van der Waals surface area contributed by atoms with Crippen LogP contribution < -0.4 is 16.6 Å². The van der Waals surface area contributed by atoms with Crippen LogP contribution in [0.15, 0.2) is 18.3 Å². The van der Waals surface area contributed by atoms with Crippen LogP contribution in [0.3, 0.4) is 0 Å². The van der Waals surface area contributed by atoms with Crippen molar-refractivity contribution in [2.24, 2.45) is 11.8 Å². The van der Waals surface area contributed by atoms with Gasteiger partial charge in [0.15, 0.2) is 0 Å². The number of hydrogen-bond donors (Lipinski definition) is 3. The van der Waals surface area contributed by atoms with Gasteiger partial charge in [0.2, 0.25) is 0 Å². The zero-order valence-corrected chi connectivity index (χ0v) is 9.28. The van der Waals surface area contributed by atoms with E-state index in [1.807, 2.05) is 12.1 Å². The first-order valence-electron chi connectivity index (χ1n) is 5.63. The number of nitrogens with zero attached hydrogens (tertiary/aromatic N) is 1. The number of anilines is 2. The minimum absolute atomic E-state index is 0.656. The van der Waals surface area contributed by atoms with Crippen LogP contribution in [0.5, 0.6) is 0 Å².